The molecule has 0 heterocycles. The van der Waals surface area contributed by atoms with Gasteiger partial charge in [-0.25, -0.2) is 0 Å². The summed E-state index contributed by atoms with van der Waals surface area (Å²) >= 11 is 0. The van der Waals surface area contributed by atoms with Gasteiger partial charge in [0.05, 0.1) is 6.42 Å². The van der Waals surface area contributed by atoms with Crippen LogP contribution in [-0.4, -0.2) is 47.6 Å². The summed E-state index contributed by atoms with van der Waals surface area (Å²) in [4.78, 5) is 26.3. The van der Waals surface area contributed by atoms with Crippen LogP contribution in [0.2, 0.25) is 0 Å². The molecule has 5 nitrogen and oxygen atoms in total. The number of carbonyl (C=O) groups is 2. The molecule has 0 bridgehead atoms. The Labute approximate surface area is 220 Å². The zero-order chi connectivity index (χ0) is 26.0. The minimum absolute atomic E-state index is 0.0221. The molecule has 0 spiro atoms. The van der Waals surface area contributed by atoms with Gasteiger partial charge in [0.2, 0.25) is 0 Å². The zero-order valence-electron chi connectivity index (χ0n) is 21.8. The summed E-state index contributed by atoms with van der Waals surface area (Å²) in [5.41, 5.74) is 6.50. The highest BCUT2D eigenvalue weighted by molar-refractivity contribution is 5.94. The normalized spacial score (nSPS) is 14.8. The molecule has 3 aromatic carbocycles. The molecular weight excluding hydrogens is 460 g/mol. The summed E-state index contributed by atoms with van der Waals surface area (Å²) in [7, 11) is 0. The van der Waals surface area contributed by atoms with Crippen LogP contribution >= 0.6 is 0 Å². The lowest BCUT2D eigenvalue weighted by atomic mass is 9.86. The highest BCUT2D eigenvalue weighted by Gasteiger charge is 2.24. The monoisotopic (exact) mass is 498 g/mol. The lowest BCUT2D eigenvalue weighted by Crippen LogP contribution is -2.40. The Kier molecular flexibility index (Phi) is 9.50. The maximum atomic E-state index is 12.6. The number of hydrogen-bond donors (Lipinski definition) is 2. The van der Waals surface area contributed by atoms with E-state index in [9.17, 15) is 9.59 Å². The summed E-state index contributed by atoms with van der Waals surface area (Å²) in [5, 5.41) is 12.2. The van der Waals surface area contributed by atoms with Crippen molar-refractivity contribution in [3.05, 3.63) is 95.1 Å². The molecule has 0 aliphatic heterocycles. The fraction of sp³-hybridized carbons (Fsp3) is 0.375. The average molecular weight is 499 g/mol. The standard InChI is InChI=1S/C32H38N2O3/c1-2-19-34(30-17-16-27-11-10-24(22-31(35)36)21-29(27)23-30)20-7-6-18-33-32(37)28-14-12-26(13-15-28)25-8-4-3-5-9-25/h3-5,8-15,21,30H,2,6-7,16-20,22-23H2,1H3,(H,33,37)(H,35,36). The number of fused-ring (bicyclic) bond motifs is 1. The van der Waals surface area contributed by atoms with Gasteiger partial charge in [0.25, 0.3) is 5.91 Å². The maximum Gasteiger partial charge on any atom is 0.307 e. The van der Waals surface area contributed by atoms with Crippen LogP contribution in [0.5, 0.6) is 0 Å². The number of carboxylic acids is 1. The molecule has 1 amide bonds. The van der Waals surface area contributed by atoms with E-state index >= 15 is 0 Å². The molecule has 2 N–H and O–H groups in total. The number of hydrogen-bond acceptors (Lipinski definition) is 3. The molecule has 0 radical (unpaired) electrons. The van der Waals surface area contributed by atoms with Gasteiger partial charge in [-0.2, -0.15) is 0 Å². The minimum atomic E-state index is -0.781. The Morgan fingerprint density at radius 3 is 2.41 bits per heavy atom. The number of aliphatic carboxylic acids is 1. The first-order valence-corrected chi connectivity index (χ1v) is 13.5. The zero-order valence-corrected chi connectivity index (χ0v) is 21.8. The van der Waals surface area contributed by atoms with Gasteiger partial charge in [-0.05, 0) is 91.6 Å². The van der Waals surface area contributed by atoms with Crippen molar-refractivity contribution in [3.63, 3.8) is 0 Å². The molecule has 0 saturated heterocycles. The van der Waals surface area contributed by atoms with E-state index < -0.39 is 5.97 Å². The second-order valence-electron chi connectivity index (χ2n) is 10.0. The van der Waals surface area contributed by atoms with Gasteiger partial charge in [-0.15, -0.1) is 0 Å². The predicted molar refractivity (Wildman–Crippen MR) is 149 cm³/mol. The molecule has 1 aliphatic carbocycles. The van der Waals surface area contributed by atoms with Gasteiger partial charge < -0.3 is 15.3 Å². The lowest BCUT2D eigenvalue weighted by molar-refractivity contribution is -0.136. The highest BCUT2D eigenvalue weighted by Crippen LogP contribution is 2.26. The van der Waals surface area contributed by atoms with Crippen LogP contribution in [-0.2, 0) is 24.1 Å². The first kappa shape index (κ1) is 26.6. The molecule has 1 unspecified atom stereocenters. The Morgan fingerprint density at radius 1 is 0.919 bits per heavy atom. The van der Waals surface area contributed by atoms with Crippen LogP contribution in [0.15, 0.2) is 72.8 Å². The molecule has 3 aromatic rings. The van der Waals surface area contributed by atoms with Crippen LogP contribution < -0.4 is 5.32 Å². The smallest absolute Gasteiger partial charge is 0.307 e. The van der Waals surface area contributed by atoms with E-state index in [0.29, 0.717) is 18.2 Å². The largest absolute Gasteiger partial charge is 0.481 e. The fourth-order valence-corrected chi connectivity index (χ4v) is 5.34. The number of rotatable bonds is 12. The van der Waals surface area contributed by atoms with Crippen LogP contribution in [0, 0.1) is 0 Å². The van der Waals surface area contributed by atoms with Crippen molar-refractivity contribution in [2.24, 2.45) is 0 Å². The number of nitrogens with one attached hydrogen (secondary N) is 1. The molecular formula is C32H38N2O3. The summed E-state index contributed by atoms with van der Waals surface area (Å²) in [6.07, 6.45) is 6.35. The van der Waals surface area contributed by atoms with Crippen LogP contribution in [0.1, 0.15) is 59.7 Å². The molecule has 5 heteroatoms. The van der Waals surface area contributed by atoms with E-state index in [1.54, 1.807) is 0 Å². The van der Waals surface area contributed by atoms with E-state index in [1.807, 2.05) is 48.5 Å². The first-order chi connectivity index (χ1) is 18.0. The van der Waals surface area contributed by atoms with Gasteiger partial charge in [-0.1, -0.05) is 67.6 Å². The first-order valence-electron chi connectivity index (χ1n) is 13.5. The number of aryl methyl sites for hydroxylation is 1. The topological polar surface area (TPSA) is 69.6 Å². The van der Waals surface area contributed by atoms with Gasteiger partial charge in [0.15, 0.2) is 0 Å². The van der Waals surface area contributed by atoms with Crippen LogP contribution in [0.3, 0.4) is 0 Å². The van der Waals surface area contributed by atoms with E-state index in [4.69, 9.17) is 5.11 Å². The summed E-state index contributed by atoms with van der Waals surface area (Å²) in [6.45, 7) is 4.97. The number of carboxylic acid groups (broad SMARTS) is 1. The van der Waals surface area contributed by atoms with Crippen LogP contribution in [0.4, 0.5) is 0 Å². The fourth-order valence-electron chi connectivity index (χ4n) is 5.34. The third kappa shape index (κ3) is 7.53. The summed E-state index contributed by atoms with van der Waals surface area (Å²) < 4.78 is 0. The summed E-state index contributed by atoms with van der Waals surface area (Å²) in [5.74, 6) is -0.803. The third-order valence-electron chi connectivity index (χ3n) is 7.27. The molecule has 1 aliphatic rings. The third-order valence-corrected chi connectivity index (χ3v) is 7.27. The Balaban J connectivity index is 1.23. The van der Waals surface area contributed by atoms with Crippen molar-refractivity contribution >= 4 is 11.9 Å². The number of unbranched alkanes of at least 4 members (excludes halogenated alkanes) is 1. The minimum Gasteiger partial charge on any atom is -0.481 e. The van der Waals surface area contributed by atoms with Crippen molar-refractivity contribution < 1.29 is 14.7 Å². The SMILES string of the molecule is CCCN(CCCCNC(=O)c1ccc(-c2ccccc2)cc1)C1CCc2ccc(CC(=O)O)cc2C1. The number of amides is 1. The second-order valence-corrected chi connectivity index (χ2v) is 10.0. The molecule has 194 valence electrons. The van der Waals surface area contributed by atoms with Gasteiger partial charge >= 0.3 is 5.97 Å². The van der Waals surface area contributed by atoms with Crippen molar-refractivity contribution in [2.45, 2.75) is 57.9 Å². The van der Waals surface area contributed by atoms with Gasteiger partial charge in [0, 0.05) is 18.2 Å². The van der Waals surface area contributed by atoms with Gasteiger partial charge in [-0.3, -0.25) is 9.59 Å². The maximum absolute atomic E-state index is 12.6. The van der Waals surface area contributed by atoms with Crippen molar-refractivity contribution in [1.29, 1.82) is 0 Å². The van der Waals surface area contributed by atoms with Crippen molar-refractivity contribution in [3.8, 4) is 11.1 Å². The summed E-state index contributed by atoms with van der Waals surface area (Å²) in [6, 6.07) is 24.6. The number of carbonyl (C=O) groups excluding carboxylic acids is 1. The Morgan fingerprint density at radius 2 is 1.68 bits per heavy atom. The van der Waals surface area contributed by atoms with E-state index in [2.05, 4.69) is 41.4 Å². The van der Waals surface area contributed by atoms with E-state index in [-0.39, 0.29) is 12.3 Å². The van der Waals surface area contributed by atoms with E-state index in [0.717, 1.165) is 68.3 Å². The molecule has 0 fully saturated rings. The molecule has 1 atom stereocenters. The average Bonchev–Trinajstić information content (AvgIpc) is 2.92. The number of nitrogens with zero attached hydrogens (tertiary/aromatic N) is 1. The lowest BCUT2D eigenvalue weighted by Gasteiger charge is -2.35. The Hall–Kier alpha value is -3.44. The number of benzene rings is 3. The quantitative estimate of drug-likeness (QED) is 0.312. The van der Waals surface area contributed by atoms with Gasteiger partial charge in [0.1, 0.15) is 0 Å². The van der Waals surface area contributed by atoms with E-state index in [1.165, 1.54) is 11.1 Å². The molecule has 0 saturated carbocycles. The van der Waals surface area contributed by atoms with Crippen molar-refractivity contribution in [1.82, 2.24) is 10.2 Å². The Bertz CT molecular complexity index is 1170. The molecule has 4 rings (SSSR count). The van der Waals surface area contributed by atoms with Crippen LogP contribution in [0.25, 0.3) is 11.1 Å². The molecule has 37 heavy (non-hydrogen) atoms. The second kappa shape index (κ2) is 13.2. The highest BCUT2D eigenvalue weighted by atomic mass is 16.4. The van der Waals surface area contributed by atoms with Crippen molar-refractivity contribution in [2.75, 3.05) is 19.6 Å². The predicted octanol–water partition coefficient (Wildman–Crippen LogP) is 5.76. The molecule has 0 aromatic heterocycles.